The van der Waals surface area contributed by atoms with E-state index in [9.17, 15) is 4.79 Å². The molecule has 10 aromatic carbocycles. The summed E-state index contributed by atoms with van der Waals surface area (Å²) >= 11 is 0. The third kappa shape index (κ3) is 7.64. The van der Waals surface area contributed by atoms with E-state index in [0.717, 1.165) is 55.9 Å². The number of nitrogens with one attached hydrogen (secondary N) is 1. The summed E-state index contributed by atoms with van der Waals surface area (Å²) in [5, 5.41) is 10.9. The Morgan fingerprint density at radius 2 is 1.00 bits per heavy atom. The van der Waals surface area contributed by atoms with Gasteiger partial charge in [0.05, 0.1) is 0 Å². The van der Waals surface area contributed by atoms with Crippen molar-refractivity contribution in [1.82, 2.24) is 5.32 Å². The summed E-state index contributed by atoms with van der Waals surface area (Å²) in [7, 11) is 2.10. The fraction of sp³-hybridized carbons (Fsp3) is 0.0500. The first-order chi connectivity index (χ1) is 32.1. The molecule has 11 rings (SSSR count). The number of amidine groups is 2. The molecule has 0 radical (unpaired) electrons. The molecule has 1 heterocycles. The van der Waals surface area contributed by atoms with E-state index >= 15 is 0 Å². The first kappa shape index (κ1) is 39.4. The van der Waals surface area contributed by atoms with E-state index < -0.39 is 6.17 Å². The Labute approximate surface area is 378 Å². The summed E-state index contributed by atoms with van der Waals surface area (Å²) in [6.07, 6.45) is -0.309. The molecule has 0 spiro atoms. The van der Waals surface area contributed by atoms with E-state index in [4.69, 9.17) is 9.98 Å². The van der Waals surface area contributed by atoms with Crippen LogP contribution in [-0.4, -0.2) is 24.5 Å². The standard InChI is InChI=1S/C60H44N4O/c1-64(47-25-9-4-10-26-47)56-35-33-45(43-24-17-23-42(36-43)44-32-34-53-51-30-14-13-28-49(51)50-29-15-16-31-52(50)54(53)37-44)38-55(56)48-27-12-11-22-46(48)39-57(65)60-62-58(40-18-5-2-6-19-40)61-59(63-60)41-20-7-3-8-21-41/h2-38,58H,39H2,1H3,(H,61,62,63). The molecule has 1 aliphatic heterocycles. The summed E-state index contributed by atoms with van der Waals surface area (Å²) in [5.41, 5.74) is 11.3. The molecule has 0 amide bonds. The van der Waals surface area contributed by atoms with Crippen LogP contribution in [0.2, 0.25) is 0 Å². The number of hydrogen-bond acceptors (Lipinski definition) is 5. The van der Waals surface area contributed by atoms with E-state index in [1.165, 1.54) is 37.9 Å². The van der Waals surface area contributed by atoms with Gasteiger partial charge in [0.2, 0.25) is 5.78 Å². The Bertz CT molecular complexity index is 3430. The molecule has 310 valence electrons. The summed E-state index contributed by atoms with van der Waals surface area (Å²) in [5.74, 6) is 0.714. The number of rotatable bonds is 10. The zero-order valence-corrected chi connectivity index (χ0v) is 35.9. The van der Waals surface area contributed by atoms with Gasteiger partial charge in [-0.3, -0.25) is 4.79 Å². The normalized spacial score (nSPS) is 13.6. The summed E-state index contributed by atoms with van der Waals surface area (Å²) in [6.45, 7) is 0. The van der Waals surface area contributed by atoms with Gasteiger partial charge in [-0.1, -0.05) is 188 Å². The molecule has 1 unspecified atom stereocenters. The van der Waals surface area contributed by atoms with Crippen LogP contribution in [0.4, 0.5) is 11.4 Å². The Morgan fingerprint density at radius 3 is 1.69 bits per heavy atom. The highest BCUT2D eigenvalue weighted by Gasteiger charge is 2.26. The minimum Gasteiger partial charge on any atom is -0.344 e. The number of carbonyl (C=O) groups excluding carboxylic acids is 1. The van der Waals surface area contributed by atoms with Gasteiger partial charge in [-0.15, -0.1) is 0 Å². The molecular formula is C60H44N4O. The zero-order chi connectivity index (χ0) is 43.7. The molecule has 65 heavy (non-hydrogen) atoms. The number of fused-ring (bicyclic) bond motifs is 6. The number of para-hydroxylation sites is 1. The maximum absolute atomic E-state index is 14.6. The van der Waals surface area contributed by atoms with E-state index in [1.54, 1.807) is 0 Å². The Balaban J connectivity index is 0.984. The molecular weight excluding hydrogens is 793 g/mol. The second kappa shape index (κ2) is 17.0. The predicted molar refractivity (Wildman–Crippen MR) is 271 cm³/mol. The smallest absolute Gasteiger partial charge is 0.202 e. The van der Waals surface area contributed by atoms with Crippen LogP contribution in [-0.2, 0) is 11.2 Å². The second-order valence-electron chi connectivity index (χ2n) is 16.6. The molecule has 1 aliphatic rings. The van der Waals surface area contributed by atoms with Crippen molar-refractivity contribution in [2.45, 2.75) is 12.6 Å². The molecule has 0 aromatic heterocycles. The third-order valence-electron chi connectivity index (χ3n) is 12.6. The van der Waals surface area contributed by atoms with E-state index in [1.807, 2.05) is 72.8 Å². The molecule has 0 aliphatic carbocycles. The quantitative estimate of drug-likeness (QED) is 0.140. The topological polar surface area (TPSA) is 57.1 Å². The van der Waals surface area contributed by atoms with E-state index in [-0.39, 0.29) is 12.2 Å². The molecule has 0 fully saturated rings. The van der Waals surface area contributed by atoms with Crippen LogP contribution in [0.3, 0.4) is 0 Å². The van der Waals surface area contributed by atoms with Crippen LogP contribution >= 0.6 is 0 Å². The van der Waals surface area contributed by atoms with Crippen molar-refractivity contribution in [3.8, 4) is 33.4 Å². The molecule has 5 nitrogen and oxygen atoms in total. The lowest BCUT2D eigenvalue weighted by Gasteiger charge is -2.25. The van der Waals surface area contributed by atoms with Crippen LogP contribution in [0.5, 0.6) is 0 Å². The minimum absolute atomic E-state index is 0.111. The van der Waals surface area contributed by atoms with Crippen LogP contribution in [0.1, 0.15) is 22.9 Å². The van der Waals surface area contributed by atoms with Crippen LogP contribution < -0.4 is 10.2 Å². The van der Waals surface area contributed by atoms with Crippen molar-refractivity contribution < 1.29 is 4.79 Å². The van der Waals surface area contributed by atoms with Gasteiger partial charge in [-0.25, -0.2) is 9.98 Å². The maximum atomic E-state index is 14.6. The van der Waals surface area contributed by atoms with Crippen molar-refractivity contribution in [1.29, 1.82) is 0 Å². The summed E-state index contributed by atoms with van der Waals surface area (Å²) < 4.78 is 0. The van der Waals surface area contributed by atoms with Crippen LogP contribution in [0, 0.1) is 0 Å². The number of aliphatic imine (C=N–C) groups is 2. The SMILES string of the molecule is CN(c1ccccc1)c1ccc(-c2cccc(-c3ccc4c5ccccc5c5ccccc5c4c3)c2)cc1-c1ccccc1CC(=O)C1=NC(c2ccccc2)=NC(c2ccccc2)N1. The lowest BCUT2D eigenvalue weighted by molar-refractivity contribution is -0.112. The third-order valence-corrected chi connectivity index (χ3v) is 12.6. The highest BCUT2D eigenvalue weighted by Crippen LogP contribution is 2.41. The van der Waals surface area contributed by atoms with E-state index in [2.05, 4.69) is 169 Å². The zero-order valence-electron chi connectivity index (χ0n) is 35.9. The summed E-state index contributed by atoms with van der Waals surface area (Å²) in [4.78, 5) is 26.6. The number of Topliss-reactive ketones (excluding diaryl/α,β-unsaturated/α-hetero) is 1. The average molecular weight is 837 g/mol. The number of hydrogen-bond donors (Lipinski definition) is 1. The van der Waals surface area contributed by atoms with Crippen molar-refractivity contribution in [2.75, 3.05) is 11.9 Å². The fourth-order valence-corrected chi connectivity index (χ4v) is 9.29. The molecule has 1 N–H and O–H groups in total. The van der Waals surface area contributed by atoms with Gasteiger partial charge in [0.1, 0.15) is 6.17 Å². The molecule has 5 heteroatoms. The first-order valence-corrected chi connectivity index (χ1v) is 22.1. The lowest BCUT2D eigenvalue weighted by Crippen LogP contribution is -2.39. The van der Waals surface area contributed by atoms with Gasteiger partial charge >= 0.3 is 0 Å². The lowest BCUT2D eigenvalue weighted by atomic mass is 9.90. The first-order valence-electron chi connectivity index (χ1n) is 22.1. The van der Waals surface area contributed by atoms with Crippen molar-refractivity contribution in [3.63, 3.8) is 0 Å². The van der Waals surface area contributed by atoms with Crippen molar-refractivity contribution in [3.05, 3.63) is 241 Å². The number of ketones is 1. The number of carbonyl (C=O) groups is 1. The Kier molecular flexibility index (Phi) is 10.3. The second-order valence-corrected chi connectivity index (χ2v) is 16.6. The molecule has 1 atom stereocenters. The number of nitrogens with zero attached hydrogens (tertiary/aromatic N) is 3. The predicted octanol–water partition coefficient (Wildman–Crippen LogP) is 14.2. The highest BCUT2D eigenvalue weighted by molar-refractivity contribution is 6.42. The van der Waals surface area contributed by atoms with Gasteiger partial charge in [-0.05, 0) is 108 Å². The highest BCUT2D eigenvalue weighted by atomic mass is 16.1. The minimum atomic E-state index is -0.453. The van der Waals surface area contributed by atoms with Gasteiger partial charge in [0.25, 0.3) is 0 Å². The van der Waals surface area contributed by atoms with Crippen molar-refractivity contribution >= 4 is 61.1 Å². The monoisotopic (exact) mass is 836 g/mol. The van der Waals surface area contributed by atoms with Gasteiger partial charge in [0, 0.05) is 36.0 Å². The number of anilines is 2. The average Bonchev–Trinajstić information content (AvgIpc) is 3.39. The van der Waals surface area contributed by atoms with Gasteiger partial charge in [0.15, 0.2) is 11.7 Å². The Hall–Kier alpha value is -8.41. The number of benzene rings is 10. The molecule has 0 saturated heterocycles. The van der Waals surface area contributed by atoms with Crippen LogP contribution in [0.25, 0.3) is 65.7 Å². The van der Waals surface area contributed by atoms with Crippen molar-refractivity contribution in [2.24, 2.45) is 9.98 Å². The largest absolute Gasteiger partial charge is 0.344 e. The molecule has 0 bridgehead atoms. The Morgan fingerprint density at radius 1 is 0.477 bits per heavy atom. The maximum Gasteiger partial charge on any atom is 0.202 e. The fourth-order valence-electron chi connectivity index (χ4n) is 9.29. The van der Waals surface area contributed by atoms with Gasteiger partial charge < -0.3 is 10.2 Å². The van der Waals surface area contributed by atoms with Crippen LogP contribution in [0.15, 0.2) is 234 Å². The molecule has 10 aromatic rings. The molecule has 0 saturated carbocycles. The van der Waals surface area contributed by atoms with Gasteiger partial charge in [-0.2, -0.15) is 0 Å². The summed E-state index contributed by atoms with van der Waals surface area (Å²) in [6, 6.07) is 78.3. The van der Waals surface area contributed by atoms with E-state index in [0.29, 0.717) is 11.7 Å².